The molecule has 1 aromatic rings. The number of nitriles is 1. The van der Waals surface area contributed by atoms with E-state index in [1.54, 1.807) is 0 Å². The Morgan fingerprint density at radius 2 is 2.15 bits per heavy atom. The van der Waals surface area contributed by atoms with Crippen LogP contribution in [0.25, 0.3) is 0 Å². The number of hydrogen-bond acceptors (Lipinski definition) is 1. The zero-order valence-electron chi connectivity index (χ0n) is 8.09. The minimum Gasteiger partial charge on any atom is -0.197 e. The third kappa shape index (κ3) is 1.25. The number of aryl methyl sites for hydroxylation is 1. The van der Waals surface area contributed by atoms with E-state index in [-0.39, 0.29) is 5.41 Å². The summed E-state index contributed by atoms with van der Waals surface area (Å²) in [4.78, 5) is 0. The maximum absolute atomic E-state index is 9.02. The maximum Gasteiger partial charge on any atom is 0.139 e. The third-order valence-corrected chi connectivity index (χ3v) is 3.02. The summed E-state index contributed by atoms with van der Waals surface area (Å²) in [6.45, 7) is 2.10. The van der Waals surface area contributed by atoms with Gasteiger partial charge in [-0.15, -0.1) is 0 Å². The Labute approximate surface area is 79.8 Å². The van der Waals surface area contributed by atoms with Gasteiger partial charge in [-0.2, -0.15) is 5.26 Å². The quantitative estimate of drug-likeness (QED) is 0.570. The Balaban J connectivity index is 2.44. The SMILES string of the molecule is Bc1ccc(C2(C#N)CC2)cc1C. The number of benzene rings is 1. The van der Waals surface area contributed by atoms with Gasteiger partial charge in [0.05, 0.1) is 11.5 Å². The van der Waals surface area contributed by atoms with Crippen LogP contribution >= 0.6 is 0 Å². The van der Waals surface area contributed by atoms with Crippen LogP contribution in [0.4, 0.5) is 0 Å². The van der Waals surface area contributed by atoms with Crippen LogP contribution in [0.1, 0.15) is 24.0 Å². The molecule has 0 saturated heterocycles. The summed E-state index contributed by atoms with van der Waals surface area (Å²) in [5, 5.41) is 9.02. The summed E-state index contributed by atoms with van der Waals surface area (Å²) >= 11 is 0. The average molecular weight is 169 g/mol. The van der Waals surface area contributed by atoms with Crippen LogP contribution in [0, 0.1) is 18.3 Å². The first-order valence-corrected chi connectivity index (χ1v) is 4.67. The number of rotatable bonds is 1. The van der Waals surface area contributed by atoms with Crippen molar-refractivity contribution in [1.82, 2.24) is 0 Å². The van der Waals surface area contributed by atoms with Gasteiger partial charge < -0.3 is 0 Å². The van der Waals surface area contributed by atoms with Gasteiger partial charge in [-0.3, -0.25) is 0 Å². The van der Waals surface area contributed by atoms with E-state index in [0.29, 0.717) is 0 Å². The van der Waals surface area contributed by atoms with Crippen LogP contribution in [0.15, 0.2) is 18.2 Å². The minimum absolute atomic E-state index is 0.127. The van der Waals surface area contributed by atoms with Gasteiger partial charge in [0, 0.05) is 0 Å². The second-order valence-electron chi connectivity index (χ2n) is 3.99. The standard InChI is InChI=1S/C11H12BN/c1-8-6-9(2-3-10(8)12)11(7-13)4-5-11/h2-3,6H,4-5,12H2,1H3. The molecule has 64 valence electrons. The molecule has 1 aliphatic rings. The molecule has 1 fully saturated rings. The van der Waals surface area contributed by atoms with Crippen molar-refractivity contribution in [1.29, 1.82) is 5.26 Å². The summed E-state index contributed by atoms with van der Waals surface area (Å²) in [6.07, 6.45) is 2.07. The van der Waals surface area contributed by atoms with Crippen molar-refractivity contribution in [3.63, 3.8) is 0 Å². The van der Waals surface area contributed by atoms with Crippen molar-refractivity contribution < 1.29 is 0 Å². The van der Waals surface area contributed by atoms with Crippen molar-refractivity contribution in [2.75, 3.05) is 0 Å². The Kier molecular flexibility index (Phi) is 1.70. The molecule has 1 nitrogen and oxygen atoms in total. The van der Waals surface area contributed by atoms with Gasteiger partial charge >= 0.3 is 0 Å². The third-order valence-electron chi connectivity index (χ3n) is 3.02. The molecular formula is C11H12BN. The number of nitrogens with zero attached hydrogens (tertiary/aromatic N) is 1. The van der Waals surface area contributed by atoms with Crippen LogP contribution in [0.2, 0.25) is 0 Å². The largest absolute Gasteiger partial charge is 0.197 e. The highest BCUT2D eigenvalue weighted by atomic mass is 14.5. The van der Waals surface area contributed by atoms with Crippen molar-refractivity contribution >= 4 is 13.3 Å². The Morgan fingerprint density at radius 3 is 2.62 bits per heavy atom. The maximum atomic E-state index is 9.02. The van der Waals surface area contributed by atoms with Gasteiger partial charge in [0.1, 0.15) is 7.85 Å². The monoisotopic (exact) mass is 169 g/mol. The van der Waals surface area contributed by atoms with E-state index in [4.69, 9.17) is 5.26 Å². The van der Waals surface area contributed by atoms with E-state index in [1.165, 1.54) is 16.6 Å². The highest BCUT2D eigenvalue weighted by molar-refractivity contribution is 6.33. The lowest BCUT2D eigenvalue weighted by Crippen LogP contribution is -2.10. The van der Waals surface area contributed by atoms with Crippen molar-refractivity contribution in [3.05, 3.63) is 29.3 Å². The van der Waals surface area contributed by atoms with Gasteiger partial charge in [0.25, 0.3) is 0 Å². The molecule has 13 heavy (non-hydrogen) atoms. The molecule has 1 saturated carbocycles. The zero-order chi connectivity index (χ0) is 9.47. The van der Waals surface area contributed by atoms with Gasteiger partial charge in [-0.1, -0.05) is 29.2 Å². The van der Waals surface area contributed by atoms with Crippen LogP contribution in [-0.4, -0.2) is 7.85 Å². The molecule has 0 atom stereocenters. The molecular weight excluding hydrogens is 157 g/mol. The molecule has 1 aromatic carbocycles. The average Bonchev–Trinajstić information content (AvgIpc) is 2.90. The van der Waals surface area contributed by atoms with E-state index in [2.05, 4.69) is 39.0 Å². The molecule has 0 unspecified atom stereocenters. The normalized spacial score (nSPS) is 17.8. The van der Waals surface area contributed by atoms with E-state index in [1.807, 2.05) is 0 Å². The Hall–Kier alpha value is -1.23. The van der Waals surface area contributed by atoms with Gasteiger partial charge in [0.15, 0.2) is 0 Å². The Bertz CT molecular complexity index is 386. The first-order valence-electron chi connectivity index (χ1n) is 4.67. The van der Waals surface area contributed by atoms with E-state index in [9.17, 15) is 0 Å². The van der Waals surface area contributed by atoms with Gasteiger partial charge in [-0.25, -0.2) is 0 Å². The summed E-state index contributed by atoms with van der Waals surface area (Å²) in [5.74, 6) is 0. The summed E-state index contributed by atoms with van der Waals surface area (Å²) < 4.78 is 0. The van der Waals surface area contributed by atoms with Crippen molar-refractivity contribution in [3.8, 4) is 6.07 Å². The highest BCUT2D eigenvalue weighted by Crippen LogP contribution is 2.47. The fourth-order valence-electron chi connectivity index (χ4n) is 1.63. The molecule has 0 heterocycles. The molecule has 0 spiro atoms. The molecule has 0 radical (unpaired) electrons. The van der Waals surface area contributed by atoms with Gasteiger partial charge in [0.2, 0.25) is 0 Å². The zero-order valence-corrected chi connectivity index (χ0v) is 8.09. The molecule has 2 heteroatoms. The first kappa shape index (κ1) is 8.38. The summed E-state index contributed by atoms with van der Waals surface area (Å²) in [6, 6.07) is 8.78. The second kappa shape index (κ2) is 2.63. The van der Waals surface area contributed by atoms with E-state index < -0.39 is 0 Å². The number of hydrogen-bond donors (Lipinski definition) is 0. The molecule has 2 rings (SSSR count). The topological polar surface area (TPSA) is 23.8 Å². The predicted octanol–water partition coefficient (Wildman–Crippen LogP) is 0.809. The lowest BCUT2D eigenvalue weighted by molar-refractivity contribution is 0.907. The molecule has 0 aromatic heterocycles. The lowest BCUT2D eigenvalue weighted by atomic mass is 9.87. The molecule has 1 aliphatic carbocycles. The lowest BCUT2D eigenvalue weighted by Gasteiger charge is -2.08. The minimum atomic E-state index is -0.127. The van der Waals surface area contributed by atoms with Crippen molar-refractivity contribution in [2.24, 2.45) is 0 Å². The fourth-order valence-corrected chi connectivity index (χ4v) is 1.63. The second-order valence-corrected chi connectivity index (χ2v) is 3.99. The van der Waals surface area contributed by atoms with Crippen LogP contribution in [-0.2, 0) is 5.41 Å². The predicted molar refractivity (Wildman–Crippen MR) is 55.9 cm³/mol. The van der Waals surface area contributed by atoms with E-state index >= 15 is 0 Å². The molecule has 0 aliphatic heterocycles. The van der Waals surface area contributed by atoms with Crippen LogP contribution < -0.4 is 5.46 Å². The van der Waals surface area contributed by atoms with E-state index in [0.717, 1.165) is 12.8 Å². The summed E-state index contributed by atoms with van der Waals surface area (Å²) in [5.41, 5.74) is 3.67. The first-order chi connectivity index (χ1) is 6.18. The smallest absolute Gasteiger partial charge is 0.139 e. The van der Waals surface area contributed by atoms with Crippen molar-refractivity contribution in [2.45, 2.75) is 25.2 Å². The Morgan fingerprint density at radius 1 is 1.46 bits per heavy atom. The molecule has 0 amide bonds. The van der Waals surface area contributed by atoms with Crippen LogP contribution in [0.5, 0.6) is 0 Å². The fraction of sp³-hybridized carbons (Fsp3) is 0.364. The molecule has 0 N–H and O–H groups in total. The highest BCUT2D eigenvalue weighted by Gasteiger charge is 2.44. The molecule has 0 bridgehead atoms. The van der Waals surface area contributed by atoms with Gasteiger partial charge in [-0.05, 0) is 25.3 Å². The summed E-state index contributed by atoms with van der Waals surface area (Å²) in [7, 11) is 2.10. The van der Waals surface area contributed by atoms with Crippen LogP contribution in [0.3, 0.4) is 0 Å².